The maximum Gasteiger partial charge on any atom is 0.224 e. The van der Waals surface area contributed by atoms with Crippen molar-refractivity contribution >= 4 is 34.2 Å². The zero-order valence-electron chi connectivity index (χ0n) is 10.1. The van der Waals surface area contributed by atoms with E-state index in [-0.39, 0.29) is 24.2 Å². The van der Waals surface area contributed by atoms with Crippen molar-refractivity contribution in [2.24, 2.45) is 5.92 Å². The van der Waals surface area contributed by atoms with Crippen LogP contribution < -0.4 is 10.6 Å². The highest BCUT2D eigenvalue weighted by molar-refractivity contribution is 9.10. The number of carbonyl (C=O) groups excluding carboxylic acids is 1. The van der Waals surface area contributed by atoms with E-state index in [1.807, 2.05) is 24.3 Å². The van der Waals surface area contributed by atoms with Crippen LogP contribution in [-0.2, 0) is 11.3 Å². The molecule has 0 unspecified atom stereocenters. The van der Waals surface area contributed by atoms with E-state index in [1.165, 1.54) is 0 Å². The Labute approximate surface area is 122 Å². The molecule has 1 fully saturated rings. The van der Waals surface area contributed by atoms with Gasteiger partial charge in [-0.2, -0.15) is 0 Å². The summed E-state index contributed by atoms with van der Waals surface area (Å²) < 4.78 is 1.04. The van der Waals surface area contributed by atoms with Gasteiger partial charge in [-0.3, -0.25) is 4.79 Å². The Bertz CT molecular complexity index is 394. The minimum Gasteiger partial charge on any atom is -0.352 e. The van der Waals surface area contributed by atoms with Crippen molar-refractivity contribution in [3.8, 4) is 0 Å². The third-order valence-electron chi connectivity index (χ3n) is 3.02. The van der Waals surface area contributed by atoms with Gasteiger partial charge in [0.2, 0.25) is 5.91 Å². The lowest BCUT2D eigenvalue weighted by Gasteiger charge is -2.21. The van der Waals surface area contributed by atoms with E-state index in [9.17, 15) is 4.79 Å². The van der Waals surface area contributed by atoms with Gasteiger partial charge < -0.3 is 10.6 Å². The molecule has 0 spiro atoms. The molecule has 1 amide bonds. The molecular weight excluding hydrogens is 316 g/mol. The number of hydrogen-bond donors (Lipinski definition) is 2. The minimum absolute atomic E-state index is 0. The standard InChI is InChI=1S/C13H17BrN2O.ClH/c14-12-5-1-3-10(7-12)8-16-13(17)11-4-2-6-15-9-11;/h1,3,5,7,11,15H,2,4,6,8-9H2,(H,16,17);1H/t11-;/m1./s1. The van der Waals surface area contributed by atoms with E-state index in [4.69, 9.17) is 0 Å². The van der Waals surface area contributed by atoms with E-state index in [0.29, 0.717) is 6.54 Å². The molecule has 3 nitrogen and oxygen atoms in total. The van der Waals surface area contributed by atoms with Crippen LogP contribution in [0.15, 0.2) is 28.7 Å². The first-order chi connectivity index (χ1) is 8.25. The second-order valence-electron chi connectivity index (χ2n) is 4.39. The normalized spacial score (nSPS) is 18.8. The van der Waals surface area contributed by atoms with Crippen molar-refractivity contribution < 1.29 is 4.79 Å². The van der Waals surface area contributed by atoms with Crippen LogP contribution in [0.4, 0.5) is 0 Å². The molecule has 0 saturated carbocycles. The summed E-state index contributed by atoms with van der Waals surface area (Å²) in [4.78, 5) is 11.9. The third-order valence-corrected chi connectivity index (χ3v) is 3.52. The molecule has 1 saturated heterocycles. The van der Waals surface area contributed by atoms with Gasteiger partial charge in [0.1, 0.15) is 0 Å². The van der Waals surface area contributed by atoms with Crippen molar-refractivity contribution in [1.82, 2.24) is 10.6 Å². The summed E-state index contributed by atoms with van der Waals surface area (Å²) in [7, 11) is 0. The lowest BCUT2D eigenvalue weighted by molar-refractivity contribution is -0.125. The van der Waals surface area contributed by atoms with Crippen LogP contribution in [0.5, 0.6) is 0 Å². The van der Waals surface area contributed by atoms with Crippen LogP contribution in [0.1, 0.15) is 18.4 Å². The lowest BCUT2D eigenvalue weighted by Crippen LogP contribution is -2.40. The van der Waals surface area contributed by atoms with E-state index >= 15 is 0 Å². The van der Waals surface area contributed by atoms with Gasteiger partial charge in [-0.05, 0) is 37.1 Å². The lowest BCUT2D eigenvalue weighted by atomic mass is 9.99. The first-order valence-electron chi connectivity index (χ1n) is 5.98. The highest BCUT2D eigenvalue weighted by Gasteiger charge is 2.20. The van der Waals surface area contributed by atoms with Gasteiger partial charge in [-0.1, -0.05) is 28.1 Å². The van der Waals surface area contributed by atoms with Crippen molar-refractivity contribution in [2.45, 2.75) is 19.4 Å². The smallest absolute Gasteiger partial charge is 0.224 e. The molecule has 0 radical (unpaired) electrons. The number of carbonyl (C=O) groups is 1. The molecule has 1 atom stereocenters. The zero-order valence-corrected chi connectivity index (χ0v) is 12.5. The molecule has 0 aliphatic carbocycles. The quantitative estimate of drug-likeness (QED) is 0.892. The topological polar surface area (TPSA) is 41.1 Å². The summed E-state index contributed by atoms with van der Waals surface area (Å²) in [5.41, 5.74) is 1.12. The monoisotopic (exact) mass is 332 g/mol. The zero-order chi connectivity index (χ0) is 12.1. The van der Waals surface area contributed by atoms with Crippen molar-refractivity contribution in [3.05, 3.63) is 34.3 Å². The van der Waals surface area contributed by atoms with Crippen LogP contribution in [0, 0.1) is 5.92 Å². The highest BCUT2D eigenvalue weighted by Crippen LogP contribution is 2.13. The number of amides is 1. The summed E-state index contributed by atoms with van der Waals surface area (Å²) in [6.07, 6.45) is 2.09. The maximum absolute atomic E-state index is 11.9. The van der Waals surface area contributed by atoms with Crippen LogP contribution in [0.3, 0.4) is 0 Å². The Hall–Kier alpha value is -0.580. The van der Waals surface area contributed by atoms with E-state index in [0.717, 1.165) is 36.0 Å². The van der Waals surface area contributed by atoms with Gasteiger partial charge in [0.15, 0.2) is 0 Å². The molecule has 0 aromatic heterocycles. The summed E-state index contributed by atoms with van der Waals surface area (Å²) >= 11 is 3.42. The minimum atomic E-state index is 0. The predicted molar refractivity (Wildman–Crippen MR) is 78.8 cm³/mol. The van der Waals surface area contributed by atoms with Gasteiger partial charge in [-0.15, -0.1) is 12.4 Å². The van der Waals surface area contributed by atoms with E-state index in [1.54, 1.807) is 0 Å². The SMILES string of the molecule is Cl.O=C(NCc1cccc(Br)c1)[C@@H]1CCCNC1. The largest absolute Gasteiger partial charge is 0.352 e. The first-order valence-corrected chi connectivity index (χ1v) is 6.78. The number of halogens is 2. The van der Waals surface area contributed by atoms with Crippen LogP contribution in [0.25, 0.3) is 0 Å². The Kier molecular flexibility index (Phi) is 6.68. The summed E-state index contributed by atoms with van der Waals surface area (Å²) in [5.74, 6) is 0.299. The molecule has 100 valence electrons. The van der Waals surface area contributed by atoms with Crippen molar-refractivity contribution in [2.75, 3.05) is 13.1 Å². The average molecular weight is 334 g/mol. The summed E-state index contributed by atoms with van der Waals surface area (Å²) in [6, 6.07) is 8.01. The third kappa shape index (κ3) is 4.59. The average Bonchev–Trinajstić information content (AvgIpc) is 2.37. The predicted octanol–water partition coefficient (Wildman–Crippen LogP) is 2.49. The number of rotatable bonds is 3. The molecule has 1 heterocycles. The number of piperidine rings is 1. The summed E-state index contributed by atoms with van der Waals surface area (Å²) in [6.45, 7) is 2.45. The molecule has 18 heavy (non-hydrogen) atoms. The fraction of sp³-hybridized carbons (Fsp3) is 0.462. The van der Waals surface area contributed by atoms with Gasteiger partial charge in [-0.25, -0.2) is 0 Å². The molecule has 2 rings (SSSR count). The Balaban J connectivity index is 0.00000162. The number of hydrogen-bond acceptors (Lipinski definition) is 2. The van der Waals surface area contributed by atoms with Gasteiger partial charge >= 0.3 is 0 Å². The Morgan fingerprint density at radius 3 is 3.00 bits per heavy atom. The van der Waals surface area contributed by atoms with Crippen molar-refractivity contribution in [1.29, 1.82) is 0 Å². The molecule has 1 aliphatic heterocycles. The van der Waals surface area contributed by atoms with Gasteiger partial charge in [0.25, 0.3) is 0 Å². The second kappa shape index (κ2) is 7.77. The van der Waals surface area contributed by atoms with Crippen LogP contribution in [0.2, 0.25) is 0 Å². The summed E-state index contributed by atoms with van der Waals surface area (Å²) in [5, 5.41) is 6.25. The van der Waals surface area contributed by atoms with E-state index < -0.39 is 0 Å². The number of nitrogens with one attached hydrogen (secondary N) is 2. The Morgan fingerprint density at radius 2 is 2.33 bits per heavy atom. The number of benzene rings is 1. The molecule has 2 N–H and O–H groups in total. The molecular formula is C13H18BrClN2O. The van der Waals surface area contributed by atoms with Crippen LogP contribution >= 0.6 is 28.3 Å². The second-order valence-corrected chi connectivity index (χ2v) is 5.31. The molecule has 1 aromatic carbocycles. The fourth-order valence-corrected chi connectivity index (χ4v) is 2.50. The van der Waals surface area contributed by atoms with Gasteiger partial charge in [0.05, 0.1) is 5.92 Å². The molecule has 1 aliphatic rings. The highest BCUT2D eigenvalue weighted by atomic mass is 79.9. The molecule has 0 bridgehead atoms. The van der Waals surface area contributed by atoms with Gasteiger partial charge in [0, 0.05) is 17.6 Å². The maximum atomic E-state index is 11.9. The first kappa shape index (κ1) is 15.5. The Morgan fingerprint density at radius 1 is 1.50 bits per heavy atom. The molecule has 1 aromatic rings. The van der Waals surface area contributed by atoms with Crippen LogP contribution in [-0.4, -0.2) is 19.0 Å². The van der Waals surface area contributed by atoms with Crippen molar-refractivity contribution in [3.63, 3.8) is 0 Å². The fourth-order valence-electron chi connectivity index (χ4n) is 2.06. The van der Waals surface area contributed by atoms with E-state index in [2.05, 4.69) is 26.6 Å². The molecule has 5 heteroatoms.